The predicted octanol–water partition coefficient (Wildman–Crippen LogP) is 14.6. The summed E-state index contributed by atoms with van der Waals surface area (Å²) in [5.41, 5.74) is 7.52. The summed E-state index contributed by atoms with van der Waals surface area (Å²) in [6.07, 6.45) is 0. The maximum Gasteiger partial charge on any atom is 0.164 e. The van der Waals surface area contributed by atoms with Crippen molar-refractivity contribution in [3.05, 3.63) is 200 Å². The van der Waals surface area contributed by atoms with Gasteiger partial charge in [-0.3, -0.25) is 0 Å². The molecule has 0 fully saturated rings. The molecule has 0 aliphatic carbocycles. The minimum Gasteiger partial charge on any atom is -0.208 e. The molecule has 11 aromatic carbocycles. The Morgan fingerprint density at radius 3 is 1.10 bits per heavy atom. The molecule has 0 bridgehead atoms. The third kappa shape index (κ3) is 5.11. The van der Waals surface area contributed by atoms with Crippen molar-refractivity contribution in [3.63, 3.8) is 0 Å². The standard InChI is InChI=1S/C55H33N3/c1-3-12-38(13-4-1)53-56-54(39-14-5-2-6-15-39)58-55(57-53)40-29-24-34(25-30-40)43-19-7-8-20-44(43)42-32-41-31-28-37-17-10-22-46-45-21-9-16-35-26-27-36-18-11-23-47(51(36)49(35)45)48(33-42)52(41)50(37)46/h1-33H. The van der Waals surface area contributed by atoms with Crippen molar-refractivity contribution in [1.82, 2.24) is 15.0 Å². The lowest BCUT2D eigenvalue weighted by Gasteiger charge is -2.18. The highest BCUT2D eigenvalue weighted by molar-refractivity contribution is 6.37. The first kappa shape index (κ1) is 32.5. The van der Waals surface area contributed by atoms with Crippen LogP contribution in [0.15, 0.2) is 200 Å². The van der Waals surface area contributed by atoms with Crippen molar-refractivity contribution >= 4 is 64.6 Å². The number of rotatable bonds is 5. The second kappa shape index (κ2) is 12.9. The molecule has 3 heteroatoms. The Morgan fingerprint density at radius 2 is 0.603 bits per heavy atom. The Hall–Kier alpha value is -7.75. The van der Waals surface area contributed by atoms with Crippen LogP contribution in [-0.2, 0) is 0 Å². The van der Waals surface area contributed by atoms with Gasteiger partial charge in [0, 0.05) is 16.7 Å². The molecule has 0 spiro atoms. The van der Waals surface area contributed by atoms with Gasteiger partial charge in [-0.25, -0.2) is 15.0 Å². The topological polar surface area (TPSA) is 38.7 Å². The summed E-state index contributed by atoms with van der Waals surface area (Å²) in [5, 5.41) is 15.4. The van der Waals surface area contributed by atoms with E-state index in [0.717, 1.165) is 22.3 Å². The van der Waals surface area contributed by atoms with Crippen LogP contribution in [-0.4, -0.2) is 15.0 Å². The smallest absolute Gasteiger partial charge is 0.164 e. The molecule has 3 nitrogen and oxygen atoms in total. The van der Waals surface area contributed by atoms with Crippen molar-refractivity contribution in [2.45, 2.75) is 0 Å². The summed E-state index contributed by atoms with van der Waals surface area (Å²) in [5.74, 6) is 1.95. The third-order valence-electron chi connectivity index (χ3n) is 11.8. The van der Waals surface area contributed by atoms with E-state index in [0.29, 0.717) is 17.5 Å². The van der Waals surface area contributed by atoms with E-state index in [2.05, 4.69) is 140 Å². The van der Waals surface area contributed by atoms with Gasteiger partial charge in [0.25, 0.3) is 0 Å². The van der Waals surface area contributed by atoms with E-state index in [1.54, 1.807) is 0 Å². The first-order valence-electron chi connectivity index (χ1n) is 19.8. The summed E-state index contributed by atoms with van der Waals surface area (Å²) in [4.78, 5) is 14.8. The monoisotopic (exact) mass is 735 g/mol. The zero-order chi connectivity index (χ0) is 38.2. The lowest BCUT2D eigenvalue weighted by Crippen LogP contribution is -2.00. The summed E-state index contributed by atoms with van der Waals surface area (Å²) in [7, 11) is 0. The minimum atomic E-state index is 0.644. The fourth-order valence-electron chi connectivity index (χ4n) is 9.16. The number of hydrogen-bond acceptors (Lipinski definition) is 3. The number of nitrogens with zero attached hydrogens (tertiary/aromatic N) is 3. The van der Waals surface area contributed by atoms with Crippen molar-refractivity contribution in [1.29, 1.82) is 0 Å². The summed E-state index contributed by atoms with van der Waals surface area (Å²) in [6, 6.07) is 72.0. The normalized spacial score (nSPS) is 11.8. The maximum absolute atomic E-state index is 4.98. The van der Waals surface area contributed by atoms with Crippen LogP contribution in [0.3, 0.4) is 0 Å². The van der Waals surface area contributed by atoms with Crippen molar-refractivity contribution < 1.29 is 0 Å². The van der Waals surface area contributed by atoms with Crippen LogP contribution in [0.2, 0.25) is 0 Å². The molecule has 1 aromatic heterocycles. The van der Waals surface area contributed by atoms with Crippen LogP contribution >= 0.6 is 0 Å². The van der Waals surface area contributed by atoms with Gasteiger partial charge in [-0.1, -0.05) is 188 Å². The van der Waals surface area contributed by atoms with E-state index in [4.69, 9.17) is 15.0 Å². The Balaban J connectivity index is 1.05. The first-order chi connectivity index (χ1) is 28.7. The molecule has 1 heterocycles. The minimum absolute atomic E-state index is 0.644. The molecule has 0 aliphatic rings. The largest absolute Gasteiger partial charge is 0.208 e. The molecule has 12 aromatic rings. The predicted molar refractivity (Wildman–Crippen MR) is 243 cm³/mol. The van der Waals surface area contributed by atoms with Gasteiger partial charge in [-0.05, 0) is 99.0 Å². The van der Waals surface area contributed by atoms with E-state index < -0.39 is 0 Å². The molecule has 0 saturated heterocycles. The van der Waals surface area contributed by atoms with Crippen LogP contribution in [0.5, 0.6) is 0 Å². The fraction of sp³-hybridized carbons (Fsp3) is 0. The third-order valence-corrected chi connectivity index (χ3v) is 11.8. The number of benzene rings is 10. The van der Waals surface area contributed by atoms with Crippen LogP contribution in [0.1, 0.15) is 0 Å². The zero-order valence-electron chi connectivity index (χ0n) is 31.4. The van der Waals surface area contributed by atoms with E-state index in [9.17, 15) is 0 Å². The Bertz CT molecular complexity index is 3480. The quantitative estimate of drug-likeness (QED) is 0.165. The van der Waals surface area contributed by atoms with Crippen LogP contribution < -0.4 is 0 Å². The molecule has 0 N–H and O–H groups in total. The van der Waals surface area contributed by atoms with Gasteiger partial charge < -0.3 is 0 Å². The summed E-state index contributed by atoms with van der Waals surface area (Å²) in [6.45, 7) is 0. The SMILES string of the molecule is c1ccc(-c2nc(-c3ccccc3)nc(-c3ccc(-c4ccccc4-c4cc5ccc6cccc7c8cccc9ccc%10cccc(c(c4)c5c67)c%10c98)cc3)n2)cc1. The van der Waals surface area contributed by atoms with Crippen LogP contribution in [0.4, 0.5) is 0 Å². The van der Waals surface area contributed by atoms with E-state index in [-0.39, 0.29) is 0 Å². The lowest BCUT2D eigenvalue weighted by molar-refractivity contribution is 1.07. The molecule has 0 amide bonds. The molecule has 0 saturated carbocycles. The fourth-order valence-corrected chi connectivity index (χ4v) is 9.16. The lowest BCUT2D eigenvalue weighted by atomic mass is 9.85. The molecule has 0 aliphatic heterocycles. The van der Waals surface area contributed by atoms with Gasteiger partial charge in [0.1, 0.15) is 0 Å². The Labute approximate surface area is 334 Å². The van der Waals surface area contributed by atoms with E-state index in [1.807, 2.05) is 60.7 Å². The Kier molecular flexibility index (Phi) is 7.23. The second-order valence-electron chi connectivity index (χ2n) is 15.1. The first-order valence-corrected chi connectivity index (χ1v) is 19.8. The highest BCUT2D eigenvalue weighted by atomic mass is 15.0. The van der Waals surface area contributed by atoms with Crippen molar-refractivity contribution in [2.75, 3.05) is 0 Å². The summed E-state index contributed by atoms with van der Waals surface area (Å²) >= 11 is 0. The van der Waals surface area contributed by atoms with Gasteiger partial charge >= 0.3 is 0 Å². The van der Waals surface area contributed by atoms with Gasteiger partial charge in [-0.15, -0.1) is 0 Å². The molecule has 0 radical (unpaired) electrons. The molecular formula is C55H33N3. The highest BCUT2D eigenvalue weighted by Gasteiger charge is 2.18. The highest BCUT2D eigenvalue weighted by Crippen LogP contribution is 2.45. The van der Waals surface area contributed by atoms with Crippen molar-refractivity contribution in [3.8, 4) is 56.4 Å². The van der Waals surface area contributed by atoms with E-state index in [1.165, 1.54) is 81.3 Å². The van der Waals surface area contributed by atoms with Crippen LogP contribution in [0.25, 0.3) is 121 Å². The van der Waals surface area contributed by atoms with E-state index >= 15 is 0 Å². The Morgan fingerprint density at radius 1 is 0.224 bits per heavy atom. The van der Waals surface area contributed by atoms with Gasteiger partial charge in [0.15, 0.2) is 17.5 Å². The number of aromatic nitrogens is 3. The van der Waals surface area contributed by atoms with Crippen LogP contribution in [0, 0.1) is 0 Å². The molecule has 12 rings (SSSR count). The maximum atomic E-state index is 4.98. The van der Waals surface area contributed by atoms with Gasteiger partial charge in [0.05, 0.1) is 0 Å². The molecule has 268 valence electrons. The molecular weight excluding hydrogens is 703 g/mol. The number of hydrogen-bond donors (Lipinski definition) is 0. The second-order valence-corrected chi connectivity index (χ2v) is 15.1. The average molecular weight is 736 g/mol. The molecule has 0 atom stereocenters. The van der Waals surface area contributed by atoms with Gasteiger partial charge in [-0.2, -0.15) is 0 Å². The summed E-state index contributed by atoms with van der Waals surface area (Å²) < 4.78 is 0. The van der Waals surface area contributed by atoms with Gasteiger partial charge in [0.2, 0.25) is 0 Å². The molecule has 58 heavy (non-hydrogen) atoms. The average Bonchev–Trinajstić information content (AvgIpc) is 3.30. The zero-order valence-corrected chi connectivity index (χ0v) is 31.4. The van der Waals surface area contributed by atoms with Crippen molar-refractivity contribution in [2.24, 2.45) is 0 Å². The number of fused-ring (bicyclic) bond motifs is 2. The molecule has 0 unspecified atom stereocenters.